The predicted molar refractivity (Wildman–Crippen MR) is 83.6 cm³/mol. The Morgan fingerprint density at radius 2 is 2.29 bits per heavy atom. The van der Waals surface area contributed by atoms with Crippen molar-refractivity contribution >= 4 is 51.5 Å². The number of hydrogen-bond acceptors (Lipinski definition) is 7. The molecule has 0 saturated carbocycles. The SMILES string of the molecule is O=C(O)[C@H](CCO)Sc1nnc(Nc2cccc(Cl)c2)s1. The van der Waals surface area contributed by atoms with E-state index in [4.69, 9.17) is 21.8 Å². The van der Waals surface area contributed by atoms with Crippen LogP contribution in [0.3, 0.4) is 0 Å². The van der Waals surface area contributed by atoms with Gasteiger partial charge < -0.3 is 15.5 Å². The zero-order valence-electron chi connectivity index (χ0n) is 10.7. The molecule has 1 atom stereocenters. The van der Waals surface area contributed by atoms with Crippen molar-refractivity contribution in [3.8, 4) is 0 Å². The van der Waals surface area contributed by atoms with Crippen LogP contribution in [0.5, 0.6) is 0 Å². The van der Waals surface area contributed by atoms with Crippen molar-refractivity contribution < 1.29 is 15.0 Å². The van der Waals surface area contributed by atoms with Gasteiger partial charge in [-0.2, -0.15) is 0 Å². The van der Waals surface area contributed by atoms with E-state index in [2.05, 4.69) is 15.5 Å². The van der Waals surface area contributed by atoms with Gasteiger partial charge in [-0.3, -0.25) is 4.79 Å². The van der Waals surface area contributed by atoms with Crippen molar-refractivity contribution in [2.24, 2.45) is 0 Å². The fourth-order valence-electron chi connectivity index (χ4n) is 1.47. The molecule has 112 valence electrons. The van der Waals surface area contributed by atoms with Gasteiger partial charge in [0.2, 0.25) is 5.13 Å². The van der Waals surface area contributed by atoms with Gasteiger partial charge in [0, 0.05) is 17.3 Å². The van der Waals surface area contributed by atoms with Crippen LogP contribution in [0, 0.1) is 0 Å². The quantitative estimate of drug-likeness (QED) is 0.664. The van der Waals surface area contributed by atoms with E-state index in [1.165, 1.54) is 11.3 Å². The molecule has 0 fully saturated rings. The van der Waals surface area contributed by atoms with Crippen molar-refractivity contribution in [3.63, 3.8) is 0 Å². The maximum atomic E-state index is 11.0. The summed E-state index contributed by atoms with van der Waals surface area (Å²) < 4.78 is 0.528. The minimum absolute atomic E-state index is 0.163. The molecule has 0 aliphatic heterocycles. The minimum Gasteiger partial charge on any atom is -0.480 e. The first-order valence-corrected chi connectivity index (χ1v) is 8.02. The van der Waals surface area contributed by atoms with Gasteiger partial charge >= 0.3 is 5.97 Å². The first kappa shape index (κ1) is 16.0. The molecule has 0 amide bonds. The Kier molecular flexibility index (Phi) is 5.80. The second-order valence-corrected chi connectivity index (χ2v) is 6.83. The molecule has 2 aromatic rings. The van der Waals surface area contributed by atoms with E-state index in [1.807, 2.05) is 12.1 Å². The van der Waals surface area contributed by atoms with Gasteiger partial charge in [-0.15, -0.1) is 10.2 Å². The Morgan fingerprint density at radius 3 is 2.95 bits per heavy atom. The average molecular weight is 346 g/mol. The third-order valence-electron chi connectivity index (χ3n) is 2.39. The molecule has 3 N–H and O–H groups in total. The van der Waals surface area contributed by atoms with Crippen molar-refractivity contribution in [1.82, 2.24) is 10.2 Å². The zero-order valence-corrected chi connectivity index (χ0v) is 13.1. The Balaban J connectivity index is 2.02. The number of carboxylic acid groups (broad SMARTS) is 1. The highest BCUT2D eigenvalue weighted by Crippen LogP contribution is 2.32. The number of aliphatic hydroxyl groups is 1. The van der Waals surface area contributed by atoms with Crippen molar-refractivity contribution in [2.45, 2.75) is 16.0 Å². The van der Waals surface area contributed by atoms with Gasteiger partial charge in [-0.1, -0.05) is 40.8 Å². The highest BCUT2D eigenvalue weighted by atomic mass is 35.5. The summed E-state index contributed by atoms with van der Waals surface area (Å²) in [7, 11) is 0. The first-order chi connectivity index (χ1) is 10.1. The number of halogens is 1. The second-order valence-electron chi connectivity index (χ2n) is 3.97. The highest BCUT2D eigenvalue weighted by molar-refractivity contribution is 8.02. The molecule has 0 bridgehead atoms. The van der Waals surface area contributed by atoms with E-state index in [9.17, 15) is 4.79 Å². The number of nitrogens with zero attached hydrogens (tertiary/aromatic N) is 2. The largest absolute Gasteiger partial charge is 0.480 e. The van der Waals surface area contributed by atoms with E-state index in [0.29, 0.717) is 14.5 Å². The van der Waals surface area contributed by atoms with Gasteiger partial charge in [0.15, 0.2) is 4.34 Å². The number of aromatic nitrogens is 2. The van der Waals surface area contributed by atoms with Crippen LogP contribution in [0.4, 0.5) is 10.8 Å². The number of thioether (sulfide) groups is 1. The lowest BCUT2D eigenvalue weighted by Crippen LogP contribution is -2.17. The molecule has 21 heavy (non-hydrogen) atoms. The molecule has 2 rings (SSSR count). The van der Waals surface area contributed by atoms with E-state index in [-0.39, 0.29) is 13.0 Å². The standard InChI is InChI=1S/C12H12ClN3O3S2/c13-7-2-1-3-8(6-7)14-11-15-16-12(21-11)20-9(4-5-17)10(18)19/h1-3,6,9,17H,4-5H2,(H,14,15)(H,18,19)/t9-/m0/s1. The summed E-state index contributed by atoms with van der Waals surface area (Å²) in [5.74, 6) is -0.978. The summed E-state index contributed by atoms with van der Waals surface area (Å²) in [6, 6.07) is 7.16. The maximum absolute atomic E-state index is 11.0. The number of aliphatic hydroxyl groups excluding tert-OH is 1. The van der Waals surface area contributed by atoms with Crippen molar-refractivity contribution in [1.29, 1.82) is 0 Å². The lowest BCUT2D eigenvalue weighted by atomic mass is 10.3. The lowest BCUT2D eigenvalue weighted by molar-refractivity contribution is -0.136. The Morgan fingerprint density at radius 1 is 1.48 bits per heavy atom. The first-order valence-electron chi connectivity index (χ1n) is 5.95. The number of aliphatic carboxylic acids is 1. The van der Waals surface area contributed by atoms with E-state index in [1.54, 1.807) is 12.1 Å². The number of carbonyl (C=O) groups is 1. The Bertz CT molecular complexity index is 623. The summed E-state index contributed by atoms with van der Waals surface area (Å²) in [5.41, 5.74) is 0.778. The van der Waals surface area contributed by atoms with Crippen LogP contribution in [0.15, 0.2) is 28.6 Å². The summed E-state index contributed by atoms with van der Waals surface area (Å²) in [6.45, 7) is -0.184. The summed E-state index contributed by atoms with van der Waals surface area (Å²) in [4.78, 5) is 11.0. The van der Waals surface area contributed by atoms with E-state index < -0.39 is 11.2 Å². The molecule has 1 aromatic heterocycles. The van der Waals surface area contributed by atoms with Crippen LogP contribution in [-0.4, -0.2) is 38.2 Å². The molecule has 0 aliphatic carbocycles. The fraction of sp³-hybridized carbons (Fsp3) is 0.250. The fourth-order valence-corrected chi connectivity index (χ4v) is 3.59. The van der Waals surface area contributed by atoms with Crippen LogP contribution in [0.1, 0.15) is 6.42 Å². The number of hydrogen-bond donors (Lipinski definition) is 3. The maximum Gasteiger partial charge on any atom is 0.317 e. The number of anilines is 2. The summed E-state index contributed by atoms with van der Waals surface area (Å²) in [6.07, 6.45) is 0.163. The molecule has 0 aliphatic rings. The Labute approximate surface area is 134 Å². The number of benzene rings is 1. The minimum atomic E-state index is -0.978. The van der Waals surface area contributed by atoms with Crippen LogP contribution < -0.4 is 5.32 Å². The molecule has 9 heteroatoms. The summed E-state index contributed by atoms with van der Waals surface area (Å²) in [5, 5.41) is 29.2. The molecule has 0 saturated heterocycles. The molecular weight excluding hydrogens is 334 g/mol. The third-order valence-corrected chi connectivity index (χ3v) is 4.80. The molecular formula is C12H12ClN3O3S2. The summed E-state index contributed by atoms with van der Waals surface area (Å²) >= 11 is 8.21. The van der Waals surface area contributed by atoms with Gasteiger partial charge in [0.05, 0.1) is 0 Å². The van der Waals surface area contributed by atoms with E-state index >= 15 is 0 Å². The average Bonchev–Trinajstić information content (AvgIpc) is 2.85. The number of nitrogens with one attached hydrogen (secondary N) is 1. The van der Waals surface area contributed by atoms with Crippen molar-refractivity contribution in [3.05, 3.63) is 29.3 Å². The predicted octanol–water partition coefficient (Wildman–Crippen LogP) is 2.86. The Hall–Kier alpha value is -1.35. The molecule has 0 unspecified atom stereocenters. The van der Waals surface area contributed by atoms with Gasteiger partial charge in [0.1, 0.15) is 5.25 Å². The van der Waals surface area contributed by atoms with E-state index in [0.717, 1.165) is 17.4 Å². The van der Waals surface area contributed by atoms with Gasteiger partial charge in [0.25, 0.3) is 0 Å². The number of carboxylic acids is 1. The molecule has 6 nitrogen and oxygen atoms in total. The van der Waals surface area contributed by atoms with Crippen molar-refractivity contribution in [2.75, 3.05) is 11.9 Å². The zero-order chi connectivity index (χ0) is 15.2. The second kappa shape index (κ2) is 7.60. The van der Waals surface area contributed by atoms with Crippen LogP contribution in [0.25, 0.3) is 0 Å². The van der Waals surface area contributed by atoms with Crippen LogP contribution in [0.2, 0.25) is 5.02 Å². The van der Waals surface area contributed by atoms with Gasteiger partial charge in [-0.25, -0.2) is 0 Å². The molecule has 0 spiro atoms. The molecule has 1 aromatic carbocycles. The third kappa shape index (κ3) is 4.85. The van der Waals surface area contributed by atoms with Crippen LogP contribution >= 0.6 is 34.7 Å². The van der Waals surface area contributed by atoms with Crippen LogP contribution in [-0.2, 0) is 4.79 Å². The normalized spacial score (nSPS) is 12.1. The monoisotopic (exact) mass is 345 g/mol. The lowest BCUT2D eigenvalue weighted by Gasteiger charge is -2.06. The molecule has 0 radical (unpaired) electrons. The number of rotatable bonds is 7. The topological polar surface area (TPSA) is 95.3 Å². The smallest absolute Gasteiger partial charge is 0.317 e. The molecule has 1 heterocycles. The highest BCUT2D eigenvalue weighted by Gasteiger charge is 2.20. The van der Waals surface area contributed by atoms with Gasteiger partial charge in [-0.05, 0) is 24.6 Å².